The fourth-order valence-electron chi connectivity index (χ4n) is 4.00. The lowest BCUT2D eigenvalue weighted by Gasteiger charge is -2.32. The quantitative estimate of drug-likeness (QED) is 0.323. The second-order valence-corrected chi connectivity index (χ2v) is 11.5. The van der Waals surface area contributed by atoms with Gasteiger partial charge in [0.05, 0.1) is 17.7 Å². The van der Waals surface area contributed by atoms with E-state index >= 15 is 0 Å². The van der Waals surface area contributed by atoms with E-state index in [-0.39, 0.29) is 33.5 Å². The summed E-state index contributed by atoms with van der Waals surface area (Å²) in [5.74, 6) is -1.55. The highest BCUT2D eigenvalue weighted by molar-refractivity contribution is 7.92. The summed E-state index contributed by atoms with van der Waals surface area (Å²) in [6.07, 6.45) is 0.677. The monoisotopic (exact) mass is 589 g/mol. The van der Waals surface area contributed by atoms with Gasteiger partial charge in [-0.3, -0.25) is 13.9 Å². The van der Waals surface area contributed by atoms with Gasteiger partial charge in [0.15, 0.2) is 0 Å². The molecule has 0 aliphatic heterocycles. The Balaban J connectivity index is 2.10. The molecule has 0 spiro atoms. The number of ether oxygens (including phenoxy) is 1. The van der Waals surface area contributed by atoms with Crippen molar-refractivity contribution in [3.8, 4) is 5.75 Å². The standard InChI is InChI=1S/C29H33ClFN3O5S/c1-5-16-32-29(36)21(3)33(18-22-8-6-7-9-25(22)31)28(35)19-34(26-17-23(30)12-15-27(26)39-4)40(37,38)24-13-10-20(2)11-14-24/h6-15,17,21H,5,16,18-19H2,1-4H3,(H,32,36)/t21-/m0/s1. The van der Waals surface area contributed by atoms with Crippen molar-refractivity contribution in [2.45, 2.75) is 44.7 Å². The lowest BCUT2D eigenvalue weighted by molar-refractivity contribution is -0.139. The molecule has 1 atom stereocenters. The van der Waals surface area contributed by atoms with Gasteiger partial charge in [-0.15, -0.1) is 0 Å². The van der Waals surface area contributed by atoms with E-state index in [0.29, 0.717) is 13.0 Å². The molecule has 0 fully saturated rings. The lowest BCUT2D eigenvalue weighted by Crippen LogP contribution is -2.51. The zero-order chi connectivity index (χ0) is 29.4. The number of rotatable bonds is 12. The number of hydrogen-bond donors (Lipinski definition) is 1. The normalized spacial score (nSPS) is 11.9. The van der Waals surface area contributed by atoms with Gasteiger partial charge in [-0.2, -0.15) is 0 Å². The van der Waals surface area contributed by atoms with Gasteiger partial charge in [0.1, 0.15) is 24.2 Å². The molecule has 0 heterocycles. The molecule has 0 aliphatic carbocycles. The fourth-order valence-corrected chi connectivity index (χ4v) is 5.58. The molecule has 3 aromatic rings. The minimum Gasteiger partial charge on any atom is -0.495 e. The number of nitrogens with zero attached hydrogens (tertiary/aromatic N) is 2. The van der Waals surface area contributed by atoms with Gasteiger partial charge < -0.3 is 15.0 Å². The molecule has 0 aliphatic rings. The van der Waals surface area contributed by atoms with E-state index in [4.69, 9.17) is 16.3 Å². The number of amides is 2. The molecule has 8 nitrogen and oxygen atoms in total. The van der Waals surface area contributed by atoms with Crippen LogP contribution in [0.4, 0.5) is 10.1 Å². The van der Waals surface area contributed by atoms with E-state index in [1.54, 1.807) is 18.2 Å². The smallest absolute Gasteiger partial charge is 0.264 e. The molecule has 0 unspecified atom stereocenters. The minimum absolute atomic E-state index is 0.0397. The number of aryl methyl sites for hydroxylation is 1. The Bertz CT molecular complexity index is 1450. The largest absolute Gasteiger partial charge is 0.495 e. The average molecular weight is 590 g/mol. The van der Waals surface area contributed by atoms with Crippen molar-refractivity contribution >= 4 is 39.1 Å². The zero-order valence-corrected chi connectivity index (χ0v) is 24.4. The number of methoxy groups -OCH3 is 1. The number of carbonyl (C=O) groups is 2. The minimum atomic E-state index is -4.32. The maximum Gasteiger partial charge on any atom is 0.264 e. The third-order valence-corrected chi connectivity index (χ3v) is 8.32. The molecule has 0 aromatic heterocycles. The van der Waals surface area contributed by atoms with Gasteiger partial charge in [0.25, 0.3) is 10.0 Å². The highest BCUT2D eigenvalue weighted by Crippen LogP contribution is 2.35. The number of nitrogens with one attached hydrogen (secondary N) is 1. The summed E-state index contributed by atoms with van der Waals surface area (Å²) in [4.78, 5) is 27.9. The average Bonchev–Trinajstić information content (AvgIpc) is 2.93. The van der Waals surface area contributed by atoms with Crippen LogP contribution in [0.5, 0.6) is 5.75 Å². The molecule has 3 aromatic carbocycles. The molecule has 0 saturated heterocycles. The van der Waals surface area contributed by atoms with Gasteiger partial charge in [-0.1, -0.05) is 54.4 Å². The summed E-state index contributed by atoms with van der Waals surface area (Å²) >= 11 is 6.23. The van der Waals surface area contributed by atoms with Crippen LogP contribution in [-0.4, -0.2) is 51.4 Å². The summed E-state index contributed by atoms with van der Waals surface area (Å²) < 4.78 is 48.8. The van der Waals surface area contributed by atoms with Crippen molar-refractivity contribution in [1.82, 2.24) is 10.2 Å². The number of hydrogen-bond acceptors (Lipinski definition) is 5. The summed E-state index contributed by atoms with van der Waals surface area (Å²) in [5, 5.41) is 2.97. The Hall–Kier alpha value is -3.63. The number of halogens is 2. The van der Waals surface area contributed by atoms with Crippen LogP contribution in [0.15, 0.2) is 71.6 Å². The van der Waals surface area contributed by atoms with Crippen LogP contribution in [0, 0.1) is 12.7 Å². The molecule has 40 heavy (non-hydrogen) atoms. The Labute approximate surface area is 239 Å². The first-order chi connectivity index (χ1) is 19.0. The van der Waals surface area contributed by atoms with Crippen molar-refractivity contribution in [2.24, 2.45) is 0 Å². The summed E-state index contributed by atoms with van der Waals surface area (Å²) in [6, 6.07) is 15.5. The summed E-state index contributed by atoms with van der Waals surface area (Å²) in [5.41, 5.74) is 1.07. The fraction of sp³-hybridized carbons (Fsp3) is 0.310. The van der Waals surface area contributed by atoms with Crippen LogP contribution in [0.25, 0.3) is 0 Å². The number of carbonyl (C=O) groups excluding carboxylic acids is 2. The van der Waals surface area contributed by atoms with Crippen LogP contribution < -0.4 is 14.4 Å². The maximum absolute atomic E-state index is 14.6. The van der Waals surface area contributed by atoms with Crippen molar-refractivity contribution in [3.63, 3.8) is 0 Å². The first kappa shape index (κ1) is 30.9. The van der Waals surface area contributed by atoms with Gasteiger partial charge in [0.2, 0.25) is 11.8 Å². The predicted octanol–water partition coefficient (Wildman–Crippen LogP) is 4.93. The number of benzene rings is 3. The number of anilines is 1. The van der Waals surface area contributed by atoms with Gasteiger partial charge in [-0.25, -0.2) is 12.8 Å². The van der Waals surface area contributed by atoms with E-state index in [0.717, 1.165) is 14.8 Å². The van der Waals surface area contributed by atoms with Crippen LogP contribution >= 0.6 is 11.6 Å². The molecule has 214 valence electrons. The van der Waals surface area contributed by atoms with E-state index < -0.39 is 40.2 Å². The Morgan fingerprint density at radius 3 is 2.38 bits per heavy atom. The molecule has 0 radical (unpaired) electrons. The van der Waals surface area contributed by atoms with Crippen molar-refractivity contribution in [1.29, 1.82) is 0 Å². The molecule has 2 amide bonds. The summed E-state index contributed by atoms with van der Waals surface area (Å²) in [7, 11) is -2.95. The van der Waals surface area contributed by atoms with Crippen LogP contribution in [0.1, 0.15) is 31.4 Å². The van der Waals surface area contributed by atoms with Crippen molar-refractivity contribution in [3.05, 3.63) is 88.7 Å². The molecule has 1 N–H and O–H groups in total. The first-order valence-electron chi connectivity index (χ1n) is 12.7. The molecule has 3 rings (SSSR count). The van der Waals surface area contributed by atoms with E-state index in [1.165, 1.54) is 62.6 Å². The highest BCUT2D eigenvalue weighted by atomic mass is 35.5. The summed E-state index contributed by atoms with van der Waals surface area (Å²) in [6.45, 7) is 4.66. The molecule has 0 saturated carbocycles. The Morgan fingerprint density at radius 1 is 1.07 bits per heavy atom. The van der Waals surface area contributed by atoms with Crippen LogP contribution in [0.2, 0.25) is 5.02 Å². The first-order valence-corrected chi connectivity index (χ1v) is 14.5. The second kappa shape index (κ2) is 13.6. The lowest BCUT2D eigenvalue weighted by atomic mass is 10.1. The molecule has 0 bridgehead atoms. The van der Waals surface area contributed by atoms with Crippen molar-refractivity contribution in [2.75, 3.05) is 24.5 Å². The second-order valence-electron chi connectivity index (χ2n) is 9.22. The van der Waals surface area contributed by atoms with E-state index in [9.17, 15) is 22.4 Å². The van der Waals surface area contributed by atoms with Gasteiger partial charge in [0, 0.05) is 23.7 Å². The number of sulfonamides is 1. The molecule has 11 heteroatoms. The third kappa shape index (κ3) is 7.31. The van der Waals surface area contributed by atoms with Crippen molar-refractivity contribution < 1.29 is 27.1 Å². The van der Waals surface area contributed by atoms with E-state index in [2.05, 4.69) is 5.32 Å². The molecular weight excluding hydrogens is 557 g/mol. The van der Waals surface area contributed by atoms with Gasteiger partial charge >= 0.3 is 0 Å². The van der Waals surface area contributed by atoms with Gasteiger partial charge in [-0.05, 0) is 56.7 Å². The Kier molecular flexibility index (Phi) is 10.5. The third-order valence-electron chi connectivity index (χ3n) is 6.31. The Morgan fingerprint density at radius 2 is 1.75 bits per heavy atom. The molecular formula is C29H33ClFN3O5S. The highest BCUT2D eigenvalue weighted by Gasteiger charge is 2.34. The predicted molar refractivity (Wildman–Crippen MR) is 153 cm³/mol. The van der Waals surface area contributed by atoms with Crippen LogP contribution in [0.3, 0.4) is 0 Å². The van der Waals surface area contributed by atoms with E-state index in [1.807, 2.05) is 13.8 Å². The zero-order valence-electron chi connectivity index (χ0n) is 22.9. The topological polar surface area (TPSA) is 96.0 Å². The maximum atomic E-state index is 14.6. The van der Waals surface area contributed by atoms with Crippen LogP contribution in [-0.2, 0) is 26.2 Å². The SMILES string of the molecule is CCCNC(=O)[C@H](C)N(Cc1ccccc1F)C(=O)CN(c1cc(Cl)ccc1OC)S(=O)(=O)c1ccc(C)cc1.